The molecule has 0 unspecified atom stereocenters. The Kier molecular flexibility index (Phi) is 5.76. The number of nitrogens with one attached hydrogen (secondary N) is 1. The summed E-state index contributed by atoms with van der Waals surface area (Å²) in [5.74, 6) is -0.419. The molecule has 0 bridgehead atoms. The molecule has 6 nitrogen and oxygen atoms in total. The third-order valence-electron chi connectivity index (χ3n) is 4.92. The summed E-state index contributed by atoms with van der Waals surface area (Å²) in [6, 6.07) is 15.7. The minimum Gasteiger partial charge on any atom is -0.467 e. The Labute approximate surface area is 189 Å². The van der Waals surface area contributed by atoms with E-state index in [-0.39, 0.29) is 22.8 Å². The number of benzene rings is 2. The number of halogens is 2. The van der Waals surface area contributed by atoms with Gasteiger partial charge in [0.05, 0.1) is 23.4 Å². The van der Waals surface area contributed by atoms with Gasteiger partial charge in [0.25, 0.3) is 11.8 Å². The van der Waals surface area contributed by atoms with Gasteiger partial charge in [-0.3, -0.25) is 14.5 Å². The fraction of sp³-hybridized carbons (Fsp3) is 0.130. The number of carbonyl (C=O) groups is 2. The Bertz CT molecular complexity index is 1170. The summed E-state index contributed by atoms with van der Waals surface area (Å²) >= 11 is 12.4. The monoisotopic (exact) mass is 455 g/mol. The third-order valence-corrected chi connectivity index (χ3v) is 5.46. The molecule has 0 spiro atoms. The van der Waals surface area contributed by atoms with Crippen molar-refractivity contribution in [3.8, 4) is 0 Å². The predicted molar refractivity (Wildman–Crippen MR) is 122 cm³/mol. The molecule has 2 heterocycles. The van der Waals surface area contributed by atoms with Crippen molar-refractivity contribution in [3.63, 3.8) is 0 Å². The van der Waals surface area contributed by atoms with Crippen LogP contribution < -0.4 is 10.2 Å². The zero-order valence-corrected chi connectivity index (χ0v) is 18.4. The predicted octanol–water partition coefficient (Wildman–Crippen LogP) is 5.04. The Balaban J connectivity index is 1.75. The lowest BCUT2D eigenvalue weighted by Crippen LogP contribution is -2.31. The zero-order chi connectivity index (χ0) is 22.1. The van der Waals surface area contributed by atoms with Crippen LogP contribution >= 0.6 is 23.2 Å². The molecule has 8 heteroatoms. The van der Waals surface area contributed by atoms with Crippen LogP contribution in [-0.2, 0) is 16.1 Å². The number of nitrogens with zero attached hydrogens (tertiary/aromatic N) is 2. The molecule has 1 aliphatic rings. The minimum absolute atomic E-state index is 0.0180. The van der Waals surface area contributed by atoms with Gasteiger partial charge in [-0.15, -0.1) is 0 Å². The van der Waals surface area contributed by atoms with Crippen LogP contribution in [0.15, 0.2) is 71.0 Å². The number of amides is 2. The van der Waals surface area contributed by atoms with Crippen LogP contribution in [0.4, 0.5) is 11.4 Å². The van der Waals surface area contributed by atoms with E-state index < -0.39 is 11.8 Å². The first-order valence-corrected chi connectivity index (χ1v) is 10.2. The molecule has 0 saturated carbocycles. The number of furan rings is 1. The molecule has 158 valence electrons. The van der Waals surface area contributed by atoms with Gasteiger partial charge >= 0.3 is 0 Å². The Morgan fingerprint density at radius 1 is 1.00 bits per heavy atom. The summed E-state index contributed by atoms with van der Waals surface area (Å²) < 4.78 is 5.33. The number of hydrogen-bond donors (Lipinski definition) is 1. The third kappa shape index (κ3) is 4.17. The van der Waals surface area contributed by atoms with E-state index in [2.05, 4.69) is 5.32 Å². The van der Waals surface area contributed by atoms with Crippen molar-refractivity contribution in [1.82, 2.24) is 4.90 Å². The van der Waals surface area contributed by atoms with E-state index in [0.29, 0.717) is 22.0 Å². The number of anilines is 2. The minimum atomic E-state index is -0.460. The van der Waals surface area contributed by atoms with Crippen molar-refractivity contribution < 1.29 is 14.0 Å². The number of carbonyl (C=O) groups excluding carboxylic acids is 2. The van der Waals surface area contributed by atoms with E-state index in [1.807, 2.05) is 43.3 Å². The lowest BCUT2D eigenvalue weighted by Gasteiger charge is -2.15. The SMILES string of the molecule is CN(C)c1ccc(NC2=C(c3ccc(Cl)cc3Cl)C(=O)N(Cc3ccco3)C2=O)cc1. The molecule has 0 atom stereocenters. The maximum absolute atomic E-state index is 13.3. The summed E-state index contributed by atoms with van der Waals surface area (Å²) in [5, 5.41) is 3.83. The largest absolute Gasteiger partial charge is 0.467 e. The second-order valence-electron chi connectivity index (χ2n) is 7.22. The van der Waals surface area contributed by atoms with Crippen molar-refractivity contribution in [3.05, 3.63) is 87.9 Å². The number of imide groups is 1. The van der Waals surface area contributed by atoms with Gasteiger partial charge < -0.3 is 14.6 Å². The molecule has 3 aromatic rings. The maximum Gasteiger partial charge on any atom is 0.278 e. The molecule has 2 aromatic carbocycles. The van der Waals surface area contributed by atoms with E-state index in [0.717, 1.165) is 10.6 Å². The van der Waals surface area contributed by atoms with Gasteiger partial charge in [-0.2, -0.15) is 0 Å². The molecule has 0 radical (unpaired) electrons. The van der Waals surface area contributed by atoms with Crippen molar-refractivity contribution in [1.29, 1.82) is 0 Å². The van der Waals surface area contributed by atoms with E-state index in [9.17, 15) is 9.59 Å². The van der Waals surface area contributed by atoms with Gasteiger partial charge in [-0.05, 0) is 48.5 Å². The molecule has 0 aliphatic carbocycles. The highest BCUT2D eigenvalue weighted by Crippen LogP contribution is 2.36. The fourth-order valence-corrected chi connectivity index (χ4v) is 3.83. The first kappa shape index (κ1) is 21.0. The van der Waals surface area contributed by atoms with Crippen molar-refractivity contribution in [2.45, 2.75) is 6.54 Å². The Hall–Kier alpha value is -3.22. The molecule has 4 rings (SSSR count). The normalized spacial score (nSPS) is 13.9. The molecule has 2 amide bonds. The maximum atomic E-state index is 13.3. The fourth-order valence-electron chi connectivity index (χ4n) is 3.32. The quantitative estimate of drug-likeness (QED) is 0.527. The average Bonchev–Trinajstić information content (AvgIpc) is 3.32. The Morgan fingerprint density at radius 3 is 2.35 bits per heavy atom. The highest BCUT2D eigenvalue weighted by molar-refractivity contribution is 6.41. The first-order valence-electron chi connectivity index (χ1n) is 9.48. The van der Waals surface area contributed by atoms with E-state index in [1.54, 1.807) is 30.3 Å². The molecular formula is C23H19Cl2N3O3. The molecule has 31 heavy (non-hydrogen) atoms. The van der Waals surface area contributed by atoms with Gasteiger partial charge in [0.2, 0.25) is 0 Å². The van der Waals surface area contributed by atoms with Crippen LogP contribution in [0.3, 0.4) is 0 Å². The van der Waals surface area contributed by atoms with Crippen LogP contribution in [0, 0.1) is 0 Å². The summed E-state index contributed by atoms with van der Waals surface area (Å²) in [7, 11) is 3.88. The van der Waals surface area contributed by atoms with Gasteiger partial charge in [0.15, 0.2) is 0 Å². The van der Waals surface area contributed by atoms with Crippen LogP contribution in [0.25, 0.3) is 5.57 Å². The van der Waals surface area contributed by atoms with E-state index in [1.165, 1.54) is 6.26 Å². The topological polar surface area (TPSA) is 65.8 Å². The average molecular weight is 456 g/mol. The van der Waals surface area contributed by atoms with Gasteiger partial charge in [0.1, 0.15) is 11.5 Å². The molecule has 0 saturated heterocycles. The summed E-state index contributed by atoms with van der Waals surface area (Å²) in [5.41, 5.74) is 2.45. The lowest BCUT2D eigenvalue weighted by molar-refractivity contribution is -0.137. The molecule has 1 aromatic heterocycles. The van der Waals surface area contributed by atoms with Gasteiger partial charge in [-0.25, -0.2) is 0 Å². The summed E-state index contributed by atoms with van der Waals surface area (Å²) in [6.07, 6.45) is 1.50. The van der Waals surface area contributed by atoms with Crippen LogP contribution in [0.5, 0.6) is 0 Å². The first-order chi connectivity index (χ1) is 14.8. The summed E-state index contributed by atoms with van der Waals surface area (Å²) in [4.78, 5) is 29.6. The van der Waals surface area contributed by atoms with E-state index in [4.69, 9.17) is 27.6 Å². The molecular weight excluding hydrogens is 437 g/mol. The summed E-state index contributed by atoms with van der Waals surface area (Å²) in [6.45, 7) is 0.0180. The molecule has 1 N–H and O–H groups in total. The van der Waals surface area contributed by atoms with Crippen LogP contribution in [0.1, 0.15) is 11.3 Å². The standard InChI is InChI=1S/C23H19Cl2N3O3/c1-27(2)16-8-6-15(7-9-16)26-21-20(18-10-5-14(24)12-19(18)25)22(29)28(23(21)30)13-17-4-3-11-31-17/h3-12,26H,13H2,1-2H3. The molecule has 1 aliphatic heterocycles. The lowest BCUT2D eigenvalue weighted by atomic mass is 10.0. The number of rotatable bonds is 6. The van der Waals surface area contributed by atoms with E-state index >= 15 is 0 Å². The Morgan fingerprint density at radius 2 is 1.74 bits per heavy atom. The number of hydrogen-bond acceptors (Lipinski definition) is 5. The highest BCUT2D eigenvalue weighted by Gasteiger charge is 2.40. The smallest absolute Gasteiger partial charge is 0.278 e. The van der Waals surface area contributed by atoms with Gasteiger partial charge in [0, 0.05) is 36.1 Å². The highest BCUT2D eigenvalue weighted by atomic mass is 35.5. The van der Waals surface area contributed by atoms with Crippen molar-refractivity contribution in [2.75, 3.05) is 24.3 Å². The second kappa shape index (κ2) is 8.49. The van der Waals surface area contributed by atoms with Crippen molar-refractivity contribution in [2.24, 2.45) is 0 Å². The molecule has 0 fully saturated rings. The van der Waals surface area contributed by atoms with Crippen LogP contribution in [0.2, 0.25) is 10.0 Å². The second-order valence-corrected chi connectivity index (χ2v) is 8.06. The van der Waals surface area contributed by atoms with Crippen LogP contribution in [-0.4, -0.2) is 30.8 Å². The zero-order valence-electron chi connectivity index (χ0n) is 16.9. The van der Waals surface area contributed by atoms with Gasteiger partial charge in [-0.1, -0.05) is 29.3 Å². The van der Waals surface area contributed by atoms with Crippen molar-refractivity contribution >= 4 is 52.0 Å².